The molecule has 0 fully saturated rings. The predicted octanol–water partition coefficient (Wildman–Crippen LogP) is 1.05. The predicted molar refractivity (Wildman–Crippen MR) is 44.7 cm³/mol. The fraction of sp³-hybridized carbons (Fsp3) is 0.200. The summed E-state index contributed by atoms with van der Waals surface area (Å²) in [5, 5.41) is 6.62. The summed E-state index contributed by atoms with van der Waals surface area (Å²) in [5.74, 6) is -0.154. The first-order valence-corrected chi connectivity index (χ1v) is 3.38. The second kappa shape index (κ2) is 4.49. The van der Waals surface area contributed by atoms with Gasteiger partial charge in [-0.25, -0.2) is 0 Å². The number of carbonyl (C=O) groups excluding carboxylic acids is 1. The van der Waals surface area contributed by atoms with E-state index in [9.17, 15) is 4.79 Å². The molecule has 0 saturated heterocycles. The van der Waals surface area contributed by atoms with Gasteiger partial charge in [0.05, 0.1) is 22.9 Å². The van der Waals surface area contributed by atoms with Crippen LogP contribution in [-0.4, -0.2) is 12.1 Å². The van der Waals surface area contributed by atoms with E-state index in [1.165, 1.54) is 6.08 Å². The van der Waals surface area contributed by atoms with Crippen molar-refractivity contribution < 1.29 is 4.79 Å². The first-order valence-electron chi connectivity index (χ1n) is 2.30. The van der Waals surface area contributed by atoms with Gasteiger partial charge in [0.25, 0.3) is 5.91 Å². The summed E-state index contributed by atoms with van der Waals surface area (Å²) in [4.78, 5) is 10.6. The lowest BCUT2D eigenvalue weighted by molar-refractivity contribution is -0.115. The molecule has 0 spiro atoms. The molecule has 0 saturated carbocycles. The molecule has 0 aliphatic heterocycles. The topological polar surface area (TPSA) is 53.0 Å². The summed E-state index contributed by atoms with van der Waals surface area (Å²) in [6.07, 6.45) is 2.52. The molecule has 0 atom stereocenters. The highest BCUT2D eigenvalue weighted by molar-refractivity contribution is 14.1. The highest BCUT2D eigenvalue weighted by Gasteiger charge is 1.97. The van der Waals surface area contributed by atoms with Gasteiger partial charge in [-0.1, -0.05) is 0 Å². The molecule has 0 aliphatic rings. The van der Waals surface area contributed by atoms with Crippen molar-refractivity contribution >= 4 is 35.0 Å². The largest absolute Gasteiger partial charge is 0.309 e. The first-order chi connectivity index (χ1) is 4.22. The van der Waals surface area contributed by atoms with E-state index in [2.05, 4.69) is 3.53 Å². The highest BCUT2D eigenvalue weighted by Crippen LogP contribution is 1.90. The summed E-state index contributed by atoms with van der Waals surface area (Å²) in [5.41, 5.74) is 0.541. The van der Waals surface area contributed by atoms with E-state index in [1.807, 2.05) is 0 Å². The summed E-state index contributed by atoms with van der Waals surface area (Å²) in [6, 6.07) is 0. The van der Waals surface area contributed by atoms with Crippen molar-refractivity contribution in [3.05, 3.63) is 11.6 Å². The molecule has 0 heterocycles. The molecule has 4 heteroatoms. The van der Waals surface area contributed by atoms with Crippen molar-refractivity contribution in [2.24, 2.45) is 0 Å². The fourth-order valence-corrected chi connectivity index (χ4v) is 0.701. The number of allylic oxidation sites excluding steroid dienone is 1. The zero-order valence-electron chi connectivity index (χ0n) is 4.94. The van der Waals surface area contributed by atoms with Crippen LogP contribution in [0.25, 0.3) is 0 Å². The van der Waals surface area contributed by atoms with E-state index in [0.29, 0.717) is 5.57 Å². The zero-order chi connectivity index (χ0) is 7.28. The van der Waals surface area contributed by atoms with Gasteiger partial charge in [-0.05, 0) is 13.0 Å². The molecule has 9 heavy (non-hydrogen) atoms. The molecule has 50 valence electrons. The van der Waals surface area contributed by atoms with Gasteiger partial charge < -0.3 is 5.41 Å². The van der Waals surface area contributed by atoms with Crippen molar-refractivity contribution in [3.8, 4) is 0 Å². The molecule has 2 N–H and O–H groups in total. The number of amides is 1. The standard InChI is InChI=1S/C5H7IN2O/c1-4(2-3-7)5(9)8-6/h2-3,7H,1H3,(H,8,9)/b4-2+,7-3?. The Morgan fingerprint density at radius 1 is 1.78 bits per heavy atom. The molecule has 0 bridgehead atoms. The first kappa shape index (κ1) is 8.61. The van der Waals surface area contributed by atoms with Gasteiger partial charge in [0.2, 0.25) is 0 Å². The Morgan fingerprint density at radius 2 is 2.33 bits per heavy atom. The number of rotatable bonds is 2. The van der Waals surface area contributed by atoms with Crippen molar-refractivity contribution in [3.63, 3.8) is 0 Å². The summed E-state index contributed by atoms with van der Waals surface area (Å²) >= 11 is 1.75. The lowest BCUT2D eigenvalue weighted by Gasteiger charge is -1.92. The van der Waals surface area contributed by atoms with Crippen LogP contribution in [-0.2, 0) is 4.79 Å². The molecule has 3 nitrogen and oxygen atoms in total. The molecule has 0 aromatic rings. The van der Waals surface area contributed by atoms with Crippen LogP contribution < -0.4 is 3.53 Å². The number of nitrogens with one attached hydrogen (secondary N) is 2. The fourth-order valence-electron chi connectivity index (χ4n) is 0.275. The van der Waals surface area contributed by atoms with Crippen molar-refractivity contribution in [1.82, 2.24) is 3.53 Å². The molecule has 0 radical (unpaired) electrons. The Balaban J connectivity index is 4.01. The van der Waals surface area contributed by atoms with Crippen LogP contribution in [0.4, 0.5) is 0 Å². The normalized spacial score (nSPS) is 10.7. The van der Waals surface area contributed by atoms with Crippen molar-refractivity contribution in [2.75, 3.05) is 0 Å². The van der Waals surface area contributed by atoms with Gasteiger partial charge in [-0.2, -0.15) is 0 Å². The maximum Gasteiger partial charge on any atom is 0.255 e. The van der Waals surface area contributed by atoms with Crippen LogP contribution in [0.3, 0.4) is 0 Å². The minimum Gasteiger partial charge on any atom is -0.309 e. The Morgan fingerprint density at radius 3 is 2.67 bits per heavy atom. The average Bonchev–Trinajstić information content (AvgIpc) is 1.87. The van der Waals surface area contributed by atoms with Crippen LogP contribution in [0, 0.1) is 5.41 Å². The lowest BCUT2D eigenvalue weighted by Crippen LogP contribution is -2.12. The molecule has 0 rings (SSSR count). The minimum absolute atomic E-state index is 0.154. The second-order valence-corrected chi connectivity index (χ2v) is 1.98. The third kappa shape index (κ3) is 3.23. The van der Waals surface area contributed by atoms with Gasteiger partial charge in [0, 0.05) is 11.8 Å². The molecular formula is C5H7IN2O. The second-order valence-electron chi connectivity index (χ2n) is 1.44. The molecule has 1 amide bonds. The maximum absolute atomic E-state index is 10.6. The number of hydrogen-bond donors (Lipinski definition) is 2. The van der Waals surface area contributed by atoms with E-state index in [4.69, 9.17) is 5.41 Å². The third-order valence-corrected chi connectivity index (χ3v) is 1.27. The van der Waals surface area contributed by atoms with Crippen molar-refractivity contribution in [2.45, 2.75) is 6.92 Å². The summed E-state index contributed by atoms with van der Waals surface area (Å²) in [7, 11) is 0. The quantitative estimate of drug-likeness (QED) is 0.321. The summed E-state index contributed by atoms with van der Waals surface area (Å²) in [6.45, 7) is 1.65. The van der Waals surface area contributed by atoms with E-state index in [1.54, 1.807) is 29.8 Å². The Hall–Kier alpha value is -0.390. The smallest absolute Gasteiger partial charge is 0.255 e. The van der Waals surface area contributed by atoms with Crippen LogP contribution in [0.15, 0.2) is 11.6 Å². The number of hydrogen-bond acceptors (Lipinski definition) is 2. The molecule has 0 aromatic carbocycles. The maximum atomic E-state index is 10.6. The Labute approximate surface area is 67.5 Å². The van der Waals surface area contributed by atoms with Crippen LogP contribution in [0.5, 0.6) is 0 Å². The van der Waals surface area contributed by atoms with Gasteiger partial charge in [0.1, 0.15) is 0 Å². The van der Waals surface area contributed by atoms with Crippen molar-refractivity contribution in [1.29, 1.82) is 5.41 Å². The van der Waals surface area contributed by atoms with E-state index in [0.717, 1.165) is 6.21 Å². The summed E-state index contributed by atoms with van der Waals surface area (Å²) < 4.78 is 2.41. The average molecular weight is 238 g/mol. The van der Waals surface area contributed by atoms with Gasteiger partial charge in [-0.15, -0.1) is 0 Å². The van der Waals surface area contributed by atoms with E-state index >= 15 is 0 Å². The van der Waals surface area contributed by atoms with Gasteiger partial charge in [0.15, 0.2) is 0 Å². The van der Waals surface area contributed by atoms with E-state index in [-0.39, 0.29) is 5.91 Å². The molecule has 0 unspecified atom stereocenters. The highest BCUT2D eigenvalue weighted by atomic mass is 127. The Bertz CT molecular complexity index is 153. The third-order valence-electron chi connectivity index (χ3n) is 0.777. The van der Waals surface area contributed by atoms with Crippen LogP contribution >= 0.6 is 22.9 Å². The molecular weight excluding hydrogens is 231 g/mol. The molecule has 0 aliphatic carbocycles. The lowest BCUT2D eigenvalue weighted by atomic mass is 10.3. The van der Waals surface area contributed by atoms with Crippen LogP contribution in [0.1, 0.15) is 6.92 Å². The van der Waals surface area contributed by atoms with Crippen LogP contribution in [0.2, 0.25) is 0 Å². The minimum atomic E-state index is -0.154. The van der Waals surface area contributed by atoms with E-state index < -0.39 is 0 Å². The van der Waals surface area contributed by atoms with Gasteiger partial charge >= 0.3 is 0 Å². The number of halogens is 1. The molecule has 0 aromatic heterocycles. The monoisotopic (exact) mass is 238 g/mol. The van der Waals surface area contributed by atoms with Gasteiger partial charge in [-0.3, -0.25) is 8.32 Å². The zero-order valence-corrected chi connectivity index (χ0v) is 7.10. The number of carbonyl (C=O) groups is 1. The SMILES string of the molecule is C/C(=C\C=N)C(=O)NI. The Kier molecular flexibility index (Phi) is 4.29.